The molecule has 3 nitrogen and oxygen atoms in total. The summed E-state index contributed by atoms with van der Waals surface area (Å²) in [6.07, 6.45) is 4.80. The average Bonchev–Trinajstić information content (AvgIpc) is 2.45. The fraction of sp³-hybridized carbons (Fsp3) is 0.375. The number of aryl methyl sites for hydroxylation is 2. The van der Waals surface area contributed by atoms with Gasteiger partial charge in [0, 0.05) is 10.6 Å². The maximum absolute atomic E-state index is 12.6. The van der Waals surface area contributed by atoms with Crippen molar-refractivity contribution in [1.82, 2.24) is 5.10 Å². The number of nitrogens with zero attached hydrogens (tertiary/aromatic N) is 1. The molecule has 1 aliphatic rings. The maximum Gasteiger partial charge on any atom is 0.257 e. The SMILES string of the molecule is C[n+]1[nH]c2c(c(=O)c1Cc1ccc(Cl)cc1)CCCC2. The summed E-state index contributed by atoms with van der Waals surface area (Å²) < 4.78 is 1.88. The molecule has 0 fully saturated rings. The van der Waals surface area contributed by atoms with Gasteiger partial charge < -0.3 is 0 Å². The number of aromatic amines is 1. The van der Waals surface area contributed by atoms with E-state index in [2.05, 4.69) is 5.10 Å². The predicted octanol–water partition coefficient (Wildman–Crippen LogP) is 2.32. The van der Waals surface area contributed by atoms with Gasteiger partial charge in [-0.15, -0.1) is 4.68 Å². The summed E-state index contributed by atoms with van der Waals surface area (Å²) >= 11 is 5.90. The molecule has 0 aliphatic heterocycles. The predicted molar refractivity (Wildman–Crippen MR) is 79.1 cm³/mol. The smallest absolute Gasteiger partial charge is 0.257 e. The van der Waals surface area contributed by atoms with E-state index in [1.165, 1.54) is 6.42 Å². The summed E-state index contributed by atoms with van der Waals surface area (Å²) in [5.74, 6) is 0. The summed E-state index contributed by atoms with van der Waals surface area (Å²) in [5.41, 5.74) is 4.22. The van der Waals surface area contributed by atoms with Gasteiger partial charge in [-0.3, -0.25) is 4.79 Å². The molecule has 0 atom stereocenters. The highest BCUT2D eigenvalue weighted by Crippen LogP contribution is 2.16. The third-order valence-corrected chi connectivity index (χ3v) is 4.25. The minimum atomic E-state index is 0.205. The first-order valence-corrected chi connectivity index (χ1v) is 7.40. The number of hydrogen-bond acceptors (Lipinski definition) is 1. The fourth-order valence-electron chi connectivity index (χ4n) is 2.87. The molecule has 1 aromatic carbocycles. The van der Waals surface area contributed by atoms with Crippen molar-refractivity contribution in [2.75, 3.05) is 0 Å². The number of halogens is 1. The molecule has 0 saturated heterocycles. The van der Waals surface area contributed by atoms with Crippen molar-refractivity contribution in [3.63, 3.8) is 0 Å². The Kier molecular flexibility index (Phi) is 3.62. The van der Waals surface area contributed by atoms with Crippen molar-refractivity contribution in [2.45, 2.75) is 32.1 Å². The second-order valence-electron chi connectivity index (χ2n) is 5.41. The lowest BCUT2D eigenvalue weighted by Gasteiger charge is -2.14. The van der Waals surface area contributed by atoms with Crippen LogP contribution in [-0.2, 0) is 26.3 Å². The van der Waals surface area contributed by atoms with Gasteiger partial charge in [-0.05, 0) is 43.4 Å². The van der Waals surface area contributed by atoms with E-state index in [0.717, 1.165) is 46.8 Å². The van der Waals surface area contributed by atoms with Gasteiger partial charge in [-0.2, -0.15) is 5.10 Å². The molecule has 0 radical (unpaired) electrons. The summed E-state index contributed by atoms with van der Waals surface area (Å²) in [6, 6.07) is 7.68. The zero-order chi connectivity index (χ0) is 14.1. The van der Waals surface area contributed by atoms with E-state index in [9.17, 15) is 4.79 Å². The van der Waals surface area contributed by atoms with Crippen molar-refractivity contribution in [1.29, 1.82) is 0 Å². The highest BCUT2D eigenvalue weighted by atomic mass is 35.5. The lowest BCUT2D eigenvalue weighted by atomic mass is 9.95. The van der Waals surface area contributed by atoms with E-state index in [1.54, 1.807) is 0 Å². The van der Waals surface area contributed by atoms with Gasteiger partial charge in [0.2, 0.25) is 0 Å². The van der Waals surface area contributed by atoms with E-state index in [1.807, 2.05) is 36.0 Å². The van der Waals surface area contributed by atoms with Gasteiger partial charge in [0.25, 0.3) is 11.1 Å². The molecule has 0 unspecified atom stereocenters. The normalized spacial score (nSPS) is 14.1. The molecule has 1 N–H and O–H groups in total. The largest absolute Gasteiger partial charge is 0.282 e. The van der Waals surface area contributed by atoms with Crippen LogP contribution in [0.4, 0.5) is 0 Å². The van der Waals surface area contributed by atoms with E-state index >= 15 is 0 Å². The van der Waals surface area contributed by atoms with Crippen LogP contribution < -0.4 is 10.1 Å². The van der Waals surface area contributed by atoms with E-state index < -0.39 is 0 Å². The maximum atomic E-state index is 12.6. The quantitative estimate of drug-likeness (QED) is 0.847. The van der Waals surface area contributed by atoms with Gasteiger partial charge in [0.15, 0.2) is 7.05 Å². The summed E-state index contributed by atoms with van der Waals surface area (Å²) in [4.78, 5) is 12.6. The van der Waals surface area contributed by atoms with Gasteiger partial charge in [0.05, 0.1) is 12.1 Å². The molecule has 1 aromatic heterocycles. The fourth-order valence-corrected chi connectivity index (χ4v) is 3.00. The first kappa shape index (κ1) is 13.4. The lowest BCUT2D eigenvalue weighted by Crippen LogP contribution is -2.46. The van der Waals surface area contributed by atoms with Crippen LogP contribution in [0.15, 0.2) is 29.1 Å². The summed E-state index contributed by atoms with van der Waals surface area (Å²) in [5, 5.41) is 4.08. The Morgan fingerprint density at radius 2 is 1.90 bits per heavy atom. The molecule has 0 bridgehead atoms. The van der Waals surface area contributed by atoms with E-state index in [4.69, 9.17) is 11.6 Å². The number of nitrogens with one attached hydrogen (secondary N) is 1. The van der Waals surface area contributed by atoms with Gasteiger partial charge >= 0.3 is 0 Å². The Hall–Kier alpha value is -1.61. The molecule has 2 aromatic rings. The number of fused-ring (bicyclic) bond motifs is 1. The summed E-state index contributed by atoms with van der Waals surface area (Å²) in [6.45, 7) is 0. The first-order valence-electron chi connectivity index (χ1n) is 7.02. The Balaban J connectivity index is 2.01. The Morgan fingerprint density at radius 1 is 1.20 bits per heavy atom. The standard InChI is InChI=1S/C16H17ClN2O/c1-19-15(10-11-6-8-12(17)9-7-11)16(20)13-4-2-3-5-14(13)18-19/h6-9H,2-5,10H2,1H3/p+1. The average molecular weight is 290 g/mol. The van der Waals surface area contributed by atoms with E-state index in [0.29, 0.717) is 6.42 Å². The molecular formula is C16H18ClN2O+. The van der Waals surface area contributed by atoms with Crippen LogP contribution in [0, 0.1) is 0 Å². The van der Waals surface area contributed by atoms with Crippen LogP contribution in [0.1, 0.15) is 35.4 Å². The molecule has 0 amide bonds. The number of hydrogen-bond donors (Lipinski definition) is 1. The number of aromatic nitrogens is 2. The zero-order valence-electron chi connectivity index (χ0n) is 11.6. The van der Waals surface area contributed by atoms with Crippen LogP contribution in [0.2, 0.25) is 5.02 Å². The molecule has 20 heavy (non-hydrogen) atoms. The summed E-state index contributed by atoms with van der Waals surface area (Å²) in [7, 11) is 1.92. The molecule has 104 valence electrons. The highest BCUT2D eigenvalue weighted by Gasteiger charge is 2.23. The van der Waals surface area contributed by atoms with Crippen LogP contribution in [-0.4, -0.2) is 5.10 Å². The minimum Gasteiger partial charge on any atom is -0.282 e. The van der Waals surface area contributed by atoms with Crippen molar-refractivity contribution < 1.29 is 4.68 Å². The number of benzene rings is 1. The van der Waals surface area contributed by atoms with Crippen LogP contribution in [0.25, 0.3) is 0 Å². The van der Waals surface area contributed by atoms with Crippen molar-refractivity contribution in [3.05, 3.63) is 62.0 Å². The van der Waals surface area contributed by atoms with Crippen molar-refractivity contribution in [3.8, 4) is 0 Å². The van der Waals surface area contributed by atoms with Gasteiger partial charge in [-0.25, -0.2) is 0 Å². The van der Waals surface area contributed by atoms with Crippen LogP contribution in [0.3, 0.4) is 0 Å². The third-order valence-electron chi connectivity index (χ3n) is 4.00. The molecule has 0 saturated carbocycles. The molecule has 3 rings (SSSR count). The topological polar surface area (TPSA) is 36.7 Å². The number of H-pyrrole nitrogens is 1. The van der Waals surface area contributed by atoms with Crippen LogP contribution in [0.5, 0.6) is 0 Å². The Bertz CT molecular complexity index is 689. The minimum absolute atomic E-state index is 0.205. The monoisotopic (exact) mass is 289 g/mol. The lowest BCUT2D eigenvalue weighted by molar-refractivity contribution is -0.738. The molecule has 0 spiro atoms. The number of rotatable bonds is 2. The van der Waals surface area contributed by atoms with Crippen LogP contribution >= 0.6 is 11.6 Å². The first-order chi connectivity index (χ1) is 9.65. The molecule has 4 heteroatoms. The van der Waals surface area contributed by atoms with Gasteiger partial charge in [0.1, 0.15) is 0 Å². The molecule has 1 aliphatic carbocycles. The van der Waals surface area contributed by atoms with Gasteiger partial charge in [-0.1, -0.05) is 23.7 Å². The van der Waals surface area contributed by atoms with E-state index in [-0.39, 0.29) is 5.43 Å². The third kappa shape index (κ3) is 2.50. The highest BCUT2D eigenvalue weighted by molar-refractivity contribution is 6.30. The second kappa shape index (κ2) is 5.41. The zero-order valence-corrected chi connectivity index (χ0v) is 12.3. The Morgan fingerprint density at radius 3 is 2.65 bits per heavy atom. The second-order valence-corrected chi connectivity index (χ2v) is 5.85. The molecular weight excluding hydrogens is 272 g/mol. The Labute approximate surface area is 123 Å². The molecule has 1 heterocycles. The van der Waals surface area contributed by atoms with Crippen molar-refractivity contribution in [2.24, 2.45) is 7.05 Å². The van der Waals surface area contributed by atoms with Crippen molar-refractivity contribution >= 4 is 11.6 Å².